The second-order valence-corrected chi connectivity index (χ2v) is 6.24. The summed E-state index contributed by atoms with van der Waals surface area (Å²) in [5.41, 5.74) is 2.08. The van der Waals surface area contributed by atoms with Gasteiger partial charge in [-0.3, -0.25) is 9.59 Å². The Kier molecular flexibility index (Phi) is 6.85. The zero-order valence-corrected chi connectivity index (χ0v) is 15.6. The lowest BCUT2D eigenvalue weighted by molar-refractivity contribution is -0.144. The Morgan fingerprint density at radius 3 is 2.54 bits per heavy atom. The minimum Gasteiger partial charge on any atom is -0.466 e. The molecule has 0 amide bonds. The van der Waals surface area contributed by atoms with Crippen molar-refractivity contribution in [2.75, 3.05) is 13.2 Å². The Hall–Kier alpha value is -1.82. The van der Waals surface area contributed by atoms with Crippen molar-refractivity contribution in [3.63, 3.8) is 0 Å². The molecule has 0 unspecified atom stereocenters. The molecule has 1 aromatic carbocycles. The molecule has 0 aliphatic heterocycles. The van der Waals surface area contributed by atoms with Crippen LogP contribution in [0.2, 0.25) is 0 Å². The highest BCUT2D eigenvalue weighted by atomic mass is 79.9. The van der Waals surface area contributed by atoms with Crippen LogP contribution in [-0.2, 0) is 32.0 Å². The van der Waals surface area contributed by atoms with Gasteiger partial charge in [-0.2, -0.15) is 0 Å². The molecule has 0 spiro atoms. The van der Waals surface area contributed by atoms with E-state index in [1.807, 2.05) is 29.0 Å². The Morgan fingerprint density at radius 1 is 1.12 bits per heavy atom. The van der Waals surface area contributed by atoms with Gasteiger partial charge in [-0.05, 0) is 54.2 Å². The number of ether oxygens (including phenoxy) is 2. The number of nitrogens with zero attached hydrogens (tertiary/aromatic N) is 1. The quantitative estimate of drug-likeness (QED) is 0.636. The predicted octanol–water partition coefficient (Wildman–Crippen LogP) is 3.85. The van der Waals surface area contributed by atoms with Crippen molar-refractivity contribution in [2.45, 2.75) is 39.7 Å². The summed E-state index contributed by atoms with van der Waals surface area (Å²) < 4.78 is 12.8. The van der Waals surface area contributed by atoms with Crippen molar-refractivity contribution in [3.8, 4) is 0 Å². The van der Waals surface area contributed by atoms with Gasteiger partial charge in [0.1, 0.15) is 6.54 Å². The van der Waals surface area contributed by atoms with E-state index in [2.05, 4.69) is 15.9 Å². The number of halogens is 1. The molecule has 0 radical (unpaired) electrons. The Balaban J connectivity index is 2.19. The summed E-state index contributed by atoms with van der Waals surface area (Å²) in [6, 6.07) is 5.95. The van der Waals surface area contributed by atoms with Crippen LogP contribution in [0, 0.1) is 0 Å². The third-order valence-electron chi connectivity index (χ3n) is 3.67. The lowest BCUT2D eigenvalue weighted by Crippen LogP contribution is -2.12. The van der Waals surface area contributed by atoms with E-state index in [0.717, 1.165) is 27.4 Å². The first-order valence-electron chi connectivity index (χ1n) is 8.14. The van der Waals surface area contributed by atoms with Gasteiger partial charge in [0.25, 0.3) is 0 Å². The van der Waals surface area contributed by atoms with Crippen molar-refractivity contribution < 1.29 is 19.1 Å². The monoisotopic (exact) mass is 395 g/mol. The van der Waals surface area contributed by atoms with Crippen molar-refractivity contribution in [2.24, 2.45) is 0 Å². The van der Waals surface area contributed by atoms with Gasteiger partial charge in [0.05, 0.1) is 18.7 Å². The molecule has 0 saturated carbocycles. The van der Waals surface area contributed by atoms with Crippen LogP contribution >= 0.6 is 15.9 Å². The summed E-state index contributed by atoms with van der Waals surface area (Å²) >= 11 is 3.55. The summed E-state index contributed by atoms with van der Waals surface area (Å²) in [5, 5.41) is 1.08. The second-order valence-electron chi connectivity index (χ2n) is 5.38. The van der Waals surface area contributed by atoms with E-state index in [1.54, 1.807) is 13.8 Å². The highest BCUT2D eigenvalue weighted by Crippen LogP contribution is 2.29. The molecule has 1 aromatic heterocycles. The number of benzene rings is 1. The van der Waals surface area contributed by atoms with Gasteiger partial charge >= 0.3 is 11.9 Å². The molecule has 0 N–H and O–H groups in total. The van der Waals surface area contributed by atoms with Crippen LogP contribution < -0.4 is 0 Å². The van der Waals surface area contributed by atoms with Crippen molar-refractivity contribution in [3.05, 3.63) is 34.4 Å². The van der Waals surface area contributed by atoms with Crippen LogP contribution in [0.15, 0.2) is 28.9 Å². The zero-order valence-electron chi connectivity index (χ0n) is 14.0. The number of esters is 2. The number of fused-ring (bicyclic) bond motifs is 1. The SMILES string of the molecule is CCOC(=O)CCCc1cn(CC(=O)OCC)c2c(Br)cccc12. The summed E-state index contributed by atoms with van der Waals surface area (Å²) in [4.78, 5) is 23.3. The van der Waals surface area contributed by atoms with Crippen molar-refractivity contribution in [1.29, 1.82) is 0 Å². The number of para-hydroxylation sites is 1. The number of hydrogen-bond acceptors (Lipinski definition) is 4. The van der Waals surface area contributed by atoms with E-state index < -0.39 is 0 Å². The summed E-state index contributed by atoms with van der Waals surface area (Å²) in [5.74, 6) is -0.433. The minimum atomic E-state index is -0.261. The number of rotatable bonds is 8. The fourth-order valence-corrected chi connectivity index (χ4v) is 3.31. The average Bonchev–Trinajstić information content (AvgIpc) is 2.87. The molecule has 6 heteroatoms. The Bertz CT molecular complexity index is 723. The van der Waals surface area contributed by atoms with Gasteiger partial charge in [0, 0.05) is 22.5 Å². The van der Waals surface area contributed by atoms with Gasteiger partial charge in [-0.1, -0.05) is 12.1 Å². The lowest BCUT2D eigenvalue weighted by atomic mass is 10.1. The molecular weight excluding hydrogens is 374 g/mol. The lowest BCUT2D eigenvalue weighted by Gasteiger charge is -2.06. The van der Waals surface area contributed by atoms with E-state index in [9.17, 15) is 9.59 Å². The van der Waals surface area contributed by atoms with Crippen molar-refractivity contribution >= 4 is 38.8 Å². The van der Waals surface area contributed by atoms with Gasteiger partial charge in [-0.25, -0.2) is 0 Å². The van der Waals surface area contributed by atoms with Gasteiger partial charge in [0.15, 0.2) is 0 Å². The molecule has 0 saturated heterocycles. The summed E-state index contributed by atoms with van der Waals surface area (Å²) in [6.07, 6.45) is 3.83. The van der Waals surface area contributed by atoms with Crippen LogP contribution in [-0.4, -0.2) is 29.7 Å². The number of aromatic nitrogens is 1. The van der Waals surface area contributed by atoms with Crippen molar-refractivity contribution in [1.82, 2.24) is 4.57 Å². The topological polar surface area (TPSA) is 57.5 Å². The molecule has 130 valence electrons. The first-order valence-corrected chi connectivity index (χ1v) is 8.93. The maximum absolute atomic E-state index is 11.8. The standard InChI is InChI=1S/C18H22BrNO4/c1-3-23-16(21)10-5-7-13-11-20(12-17(22)24-4-2)18-14(13)8-6-9-15(18)19/h6,8-9,11H,3-5,7,10,12H2,1-2H3. The molecular formula is C18H22BrNO4. The van der Waals surface area contributed by atoms with Crippen LogP contribution in [0.4, 0.5) is 0 Å². The van der Waals surface area contributed by atoms with Crippen LogP contribution in [0.5, 0.6) is 0 Å². The predicted molar refractivity (Wildman–Crippen MR) is 95.8 cm³/mol. The normalized spacial score (nSPS) is 10.8. The van der Waals surface area contributed by atoms with E-state index in [1.165, 1.54) is 0 Å². The average molecular weight is 396 g/mol. The zero-order chi connectivity index (χ0) is 17.5. The number of aryl methyl sites for hydroxylation is 1. The molecule has 0 bridgehead atoms. The third-order valence-corrected chi connectivity index (χ3v) is 4.31. The highest BCUT2D eigenvalue weighted by Gasteiger charge is 2.14. The molecule has 0 atom stereocenters. The smallest absolute Gasteiger partial charge is 0.325 e. The fourth-order valence-electron chi connectivity index (χ4n) is 2.71. The van der Waals surface area contributed by atoms with Crippen LogP contribution in [0.3, 0.4) is 0 Å². The molecule has 0 aliphatic rings. The van der Waals surface area contributed by atoms with E-state index in [0.29, 0.717) is 26.1 Å². The fraction of sp³-hybridized carbons (Fsp3) is 0.444. The highest BCUT2D eigenvalue weighted by molar-refractivity contribution is 9.10. The molecule has 5 nitrogen and oxygen atoms in total. The van der Waals surface area contributed by atoms with E-state index >= 15 is 0 Å². The molecule has 1 heterocycles. The first-order chi connectivity index (χ1) is 11.6. The number of carbonyl (C=O) groups excluding carboxylic acids is 2. The summed E-state index contributed by atoms with van der Waals surface area (Å²) in [6.45, 7) is 4.54. The maximum atomic E-state index is 11.8. The van der Waals surface area contributed by atoms with E-state index in [-0.39, 0.29) is 18.5 Å². The van der Waals surface area contributed by atoms with Gasteiger partial charge < -0.3 is 14.0 Å². The summed E-state index contributed by atoms with van der Waals surface area (Å²) in [7, 11) is 0. The first kappa shape index (κ1) is 18.5. The van der Waals surface area contributed by atoms with Crippen LogP contribution in [0.25, 0.3) is 10.9 Å². The second kappa shape index (κ2) is 8.87. The third kappa shape index (κ3) is 4.60. The largest absolute Gasteiger partial charge is 0.466 e. The minimum absolute atomic E-state index is 0.171. The number of carbonyl (C=O) groups is 2. The molecule has 24 heavy (non-hydrogen) atoms. The Morgan fingerprint density at radius 2 is 1.83 bits per heavy atom. The van der Waals surface area contributed by atoms with E-state index in [4.69, 9.17) is 9.47 Å². The molecule has 2 rings (SSSR count). The van der Waals surface area contributed by atoms with Gasteiger partial charge in [0.2, 0.25) is 0 Å². The molecule has 0 fully saturated rings. The van der Waals surface area contributed by atoms with Gasteiger partial charge in [-0.15, -0.1) is 0 Å². The molecule has 0 aliphatic carbocycles. The molecule has 2 aromatic rings. The van der Waals surface area contributed by atoms with Crippen LogP contribution in [0.1, 0.15) is 32.3 Å². The number of hydrogen-bond donors (Lipinski definition) is 0. The maximum Gasteiger partial charge on any atom is 0.325 e. The Labute approximate surface area is 150 Å².